The van der Waals surface area contributed by atoms with E-state index < -0.39 is 10.2 Å². The molecule has 0 aromatic carbocycles. The number of amides is 1. The van der Waals surface area contributed by atoms with E-state index in [2.05, 4.69) is 4.72 Å². The summed E-state index contributed by atoms with van der Waals surface area (Å²) in [6, 6.07) is 1.54. The molecule has 24 heavy (non-hydrogen) atoms. The van der Waals surface area contributed by atoms with E-state index in [-0.39, 0.29) is 11.9 Å². The first-order valence-corrected chi connectivity index (χ1v) is 10.1. The van der Waals surface area contributed by atoms with E-state index in [1.165, 1.54) is 12.5 Å². The van der Waals surface area contributed by atoms with Gasteiger partial charge in [0.15, 0.2) is 0 Å². The van der Waals surface area contributed by atoms with Gasteiger partial charge in [-0.15, -0.1) is 0 Å². The lowest BCUT2D eigenvalue weighted by Gasteiger charge is -2.33. The minimum absolute atomic E-state index is 0.0578. The number of rotatable bonds is 4. The molecule has 0 bridgehead atoms. The van der Waals surface area contributed by atoms with Gasteiger partial charge in [0.2, 0.25) is 0 Å². The van der Waals surface area contributed by atoms with Crippen LogP contribution in [-0.4, -0.2) is 55.8 Å². The van der Waals surface area contributed by atoms with Gasteiger partial charge >= 0.3 is 0 Å². The Kier molecular flexibility index (Phi) is 5.57. The smallest absolute Gasteiger partial charge is 0.279 e. The predicted molar refractivity (Wildman–Crippen MR) is 89.7 cm³/mol. The van der Waals surface area contributed by atoms with Crippen LogP contribution >= 0.6 is 0 Å². The van der Waals surface area contributed by atoms with Gasteiger partial charge in [-0.3, -0.25) is 4.79 Å². The maximum Gasteiger partial charge on any atom is 0.279 e. The first-order valence-electron chi connectivity index (χ1n) is 8.65. The monoisotopic (exact) mass is 355 g/mol. The van der Waals surface area contributed by atoms with Crippen LogP contribution in [0.25, 0.3) is 0 Å². The minimum atomic E-state index is -3.42. The minimum Gasteiger partial charge on any atom is -0.472 e. The third kappa shape index (κ3) is 4.17. The lowest BCUT2D eigenvalue weighted by Crippen LogP contribution is -2.50. The summed E-state index contributed by atoms with van der Waals surface area (Å²) < 4.78 is 34.4. The lowest BCUT2D eigenvalue weighted by molar-refractivity contribution is 0.0710. The van der Waals surface area contributed by atoms with Gasteiger partial charge in [-0.2, -0.15) is 17.4 Å². The number of nitrogens with one attached hydrogen (secondary N) is 1. The van der Waals surface area contributed by atoms with Crippen molar-refractivity contribution in [2.75, 3.05) is 26.2 Å². The Bertz CT molecular complexity index is 628. The Labute approximate surface area is 143 Å². The summed E-state index contributed by atoms with van der Waals surface area (Å²) in [5, 5.41) is 0. The largest absolute Gasteiger partial charge is 0.472 e. The normalized spacial score (nSPS) is 21.6. The third-order valence-electron chi connectivity index (χ3n) is 4.77. The second-order valence-electron chi connectivity index (χ2n) is 6.51. The molecular formula is C16H25N3O4S. The fourth-order valence-corrected chi connectivity index (χ4v) is 4.88. The van der Waals surface area contributed by atoms with Crippen LogP contribution in [0.3, 0.4) is 0 Å². The van der Waals surface area contributed by atoms with Crippen LogP contribution in [0.4, 0.5) is 0 Å². The number of furan rings is 1. The van der Waals surface area contributed by atoms with E-state index in [0.29, 0.717) is 44.6 Å². The third-order valence-corrected chi connectivity index (χ3v) is 6.45. The number of nitrogens with zero attached hydrogens (tertiary/aromatic N) is 2. The summed E-state index contributed by atoms with van der Waals surface area (Å²) in [6.45, 7) is 2.31. The highest BCUT2D eigenvalue weighted by atomic mass is 32.2. The maximum absolute atomic E-state index is 12.5. The molecule has 0 aliphatic carbocycles. The van der Waals surface area contributed by atoms with Crippen molar-refractivity contribution < 1.29 is 17.6 Å². The number of piperidine rings is 1. The van der Waals surface area contributed by atoms with E-state index in [4.69, 9.17) is 4.42 Å². The predicted octanol–water partition coefficient (Wildman–Crippen LogP) is 1.59. The molecule has 2 aliphatic rings. The van der Waals surface area contributed by atoms with E-state index in [1.807, 2.05) is 0 Å². The van der Waals surface area contributed by atoms with E-state index in [0.717, 1.165) is 25.7 Å². The molecule has 3 rings (SSSR count). The summed E-state index contributed by atoms with van der Waals surface area (Å²) in [5.74, 6) is -0.0578. The molecule has 1 aromatic heterocycles. The Morgan fingerprint density at radius 3 is 2.33 bits per heavy atom. The van der Waals surface area contributed by atoms with Gasteiger partial charge in [0.1, 0.15) is 6.26 Å². The van der Waals surface area contributed by atoms with Crippen molar-refractivity contribution in [3.63, 3.8) is 0 Å². The molecule has 134 valence electrons. The van der Waals surface area contributed by atoms with Crippen LogP contribution in [0.1, 0.15) is 48.9 Å². The first kappa shape index (κ1) is 17.4. The van der Waals surface area contributed by atoms with Crippen LogP contribution in [0.2, 0.25) is 0 Å². The zero-order valence-corrected chi connectivity index (χ0v) is 14.6. The Morgan fingerprint density at radius 2 is 1.75 bits per heavy atom. The van der Waals surface area contributed by atoms with Gasteiger partial charge < -0.3 is 9.32 Å². The molecule has 1 amide bonds. The van der Waals surface area contributed by atoms with Gasteiger partial charge in [-0.1, -0.05) is 12.8 Å². The Morgan fingerprint density at radius 1 is 1.08 bits per heavy atom. The maximum atomic E-state index is 12.5. The molecule has 8 heteroatoms. The summed E-state index contributed by atoms with van der Waals surface area (Å²) in [5.41, 5.74) is 0.540. The molecule has 2 aliphatic heterocycles. The van der Waals surface area contributed by atoms with E-state index >= 15 is 0 Å². The lowest BCUT2D eigenvalue weighted by atomic mass is 10.1. The zero-order valence-electron chi connectivity index (χ0n) is 13.8. The average Bonchev–Trinajstić information content (AvgIpc) is 2.96. The fourth-order valence-electron chi connectivity index (χ4n) is 3.34. The van der Waals surface area contributed by atoms with Gasteiger partial charge in [0.25, 0.3) is 16.1 Å². The SMILES string of the molecule is O=C(c1ccoc1)N1CCC(NS(=O)(=O)N2CCCCCC2)CC1. The van der Waals surface area contributed by atoms with Crippen LogP contribution in [0.5, 0.6) is 0 Å². The van der Waals surface area contributed by atoms with Crippen molar-refractivity contribution in [1.29, 1.82) is 0 Å². The molecule has 3 heterocycles. The molecule has 0 spiro atoms. The van der Waals surface area contributed by atoms with Crippen LogP contribution in [0, 0.1) is 0 Å². The Balaban J connectivity index is 1.52. The molecule has 7 nitrogen and oxygen atoms in total. The molecule has 0 unspecified atom stereocenters. The quantitative estimate of drug-likeness (QED) is 0.889. The van der Waals surface area contributed by atoms with E-state index in [1.54, 1.807) is 15.3 Å². The molecule has 0 atom stereocenters. The molecule has 2 fully saturated rings. The molecule has 1 aromatic rings. The summed E-state index contributed by atoms with van der Waals surface area (Å²) in [4.78, 5) is 14.0. The van der Waals surface area contributed by atoms with E-state index in [9.17, 15) is 13.2 Å². The number of likely N-dealkylation sites (tertiary alicyclic amines) is 1. The van der Waals surface area contributed by atoms with Crippen LogP contribution in [-0.2, 0) is 10.2 Å². The second kappa shape index (κ2) is 7.67. The van der Waals surface area contributed by atoms with Crippen molar-refractivity contribution in [3.8, 4) is 0 Å². The van der Waals surface area contributed by atoms with Crippen LogP contribution in [0.15, 0.2) is 23.0 Å². The van der Waals surface area contributed by atoms with Gasteiger partial charge in [0, 0.05) is 32.2 Å². The highest BCUT2D eigenvalue weighted by Gasteiger charge is 2.29. The summed E-state index contributed by atoms with van der Waals surface area (Å²) >= 11 is 0. The molecular weight excluding hydrogens is 330 g/mol. The molecule has 1 N–H and O–H groups in total. The fraction of sp³-hybridized carbons (Fsp3) is 0.688. The highest BCUT2D eigenvalue weighted by Crippen LogP contribution is 2.17. The van der Waals surface area contributed by atoms with Gasteiger partial charge in [0.05, 0.1) is 11.8 Å². The topological polar surface area (TPSA) is 82.9 Å². The summed E-state index contributed by atoms with van der Waals surface area (Å²) in [7, 11) is -3.42. The molecule has 0 saturated carbocycles. The summed E-state index contributed by atoms with van der Waals surface area (Å²) in [6.07, 6.45) is 8.25. The van der Waals surface area contributed by atoms with Crippen molar-refractivity contribution >= 4 is 16.1 Å². The Hall–Kier alpha value is -1.38. The standard InChI is InChI=1S/C16H25N3O4S/c20-16(14-7-12-23-13-14)18-10-5-15(6-11-18)17-24(21,22)19-8-3-1-2-4-9-19/h7,12-13,15,17H,1-6,8-11H2. The number of hydrogen-bond acceptors (Lipinski definition) is 4. The number of carbonyl (C=O) groups is 1. The van der Waals surface area contributed by atoms with Crippen molar-refractivity contribution in [2.45, 2.75) is 44.6 Å². The average molecular weight is 355 g/mol. The van der Waals surface area contributed by atoms with Crippen LogP contribution < -0.4 is 4.72 Å². The first-order chi connectivity index (χ1) is 11.6. The molecule has 0 radical (unpaired) electrons. The number of hydrogen-bond donors (Lipinski definition) is 1. The number of carbonyl (C=O) groups excluding carboxylic acids is 1. The highest BCUT2D eigenvalue weighted by molar-refractivity contribution is 7.87. The van der Waals surface area contributed by atoms with Gasteiger partial charge in [-0.25, -0.2) is 0 Å². The van der Waals surface area contributed by atoms with Gasteiger partial charge in [-0.05, 0) is 31.7 Å². The molecule has 2 saturated heterocycles. The second-order valence-corrected chi connectivity index (χ2v) is 8.22. The van der Waals surface area contributed by atoms with Crippen molar-refractivity contribution in [3.05, 3.63) is 24.2 Å². The van der Waals surface area contributed by atoms with Crippen molar-refractivity contribution in [1.82, 2.24) is 13.9 Å². The van der Waals surface area contributed by atoms with Crippen molar-refractivity contribution in [2.24, 2.45) is 0 Å². The zero-order chi connectivity index (χ0) is 17.0.